The maximum atomic E-state index is 12.1. The number of carbonyl (C=O) groups excluding carboxylic acids is 1. The molecule has 1 aliphatic rings. The Morgan fingerprint density at radius 3 is 2.44 bits per heavy atom. The quantitative estimate of drug-likeness (QED) is 0.746. The molecular formula is C16H15NO. The monoisotopic (exact) mass is 237 g/mol. The molecule has 0 saturated heterocycles. The van der Waals surface area contributed by atoms with Crippen LogP contribution in [0.1, 0.15) is 27.4 Å². The van der Waals surface area contributed by atoms with Gasteiger partial charge in [-0.25, -0.2) is 0 Å². The number of likely N-dealkylation sites (N-methyl/N-ethyl adjacent to an activating group) is 1. The Morgan fingerprint density at radius 1 is 1.00 bits per heavy atom. The molecular weight excluding hydrogens is 222 g/mol. The molecule has 0 fully saturated rings. The Labute approximate surface area is 107 Å². The number of benzene rings is 2. The van der Waals surface area contributed by atoms with Gasteiger partial charge in [0.2, 0.25) is 0 Å². The van der Waals surface area contributed by atoms with E-state index in [-0.39, 0.29) is 11.8 Å². The van der Waals surface area contributed by atoms with Gasteiger partial charge >= 0.3 is 0 Å². The maximum absolute atomic E-state index is 12.1. The lowest BCUT2D eigenvalue weighted by Crippen LogP contribution is -2.37. The van der Waals surface area contributed by atoms with Crippen LogP contribution in [0.2, 0.25) is 0 Å². The summed E-state index contributed by atoms with van der Waals surface area (Å²) in [5, 5.41) is 0. The Kier molecular flexibility index (Phi) is 2.63. The van der Waals surface area contributed by atoms with Crippen LogP contribution in [0.3, 0.4) is 0 Å². The predicted octanol–water partition coefficient (Wildman–Crippen LogP) is 2.90. The van der Waals surface area contributed by atoms with E-state index < -0.39 is 0 Å². The molecule has 2 nitrogen and oxygen atoms in total. The van der Waals surface area contributed by atoms with Gasteiger partial charge in [0.1, 0.15) is 0 Å². The molecule has 2 aromatic rings. The second-order valence-electron chi connectivity index (χ2n) is 4.74. The van der Waals surface area contributed by atoms with Gasteiger partial charge in [0.05, 0.1) is 0 Å². The van der Waals surface area contributed by atoms with Crippen molar-refractivity contribution in [2.45, 2.75) is 5.92 Å². The molecule has 0 aromatic heterocycles. The number of hydrogen-bond donors (Lipinski definition) is 0. The van der Waals surface area contributed by atoms with Crippen LogP contribution in [0.15, 0.2) is 54.6 Å². The number of carbonyl (C=O) groups is 1. The van der Waals surface area contributed by atoms with E-state index in [1.165, 1.54) is 5.56 Å². The highest BCUT2D eigenvalue weighted by Crippen LogP contribution is 2.32. The predicted molar refractivity (Wildman–Crippen MR) is 71.7 cm³/mol. The third-order valence-electron chi connectivity index (χ3n) is 3.57. The molecule has 1 atom stereocenters. The van der Waals surface area contributed by atoms with Gasteiger partial charge < -0.3 is 4.90 Å². The molecule has 1 amide bonds. The molecule has 0 spiro atoms. The van der Waals surface area contributed by atoms with Gasteiger partial charge in [-0.2, -0.15) is 0 Å². The summed E-state index contributed by atoms with van der Waals surface area (Å²) in [6.45, 7) is 0.750. The van der Waals surface area contributed by atoms with Crippen molar-refractivity contribution in [3.63, 3.8) is 0 Å². The first-order chi connectivity index (χ1) is 8.77. The van der Waals surface area contributed by atoms with Crippen molar-refractivity contribution < 1.29 is 4.79 Å². The van der Waals surface area contributed by atoms with Gasteiger partial charge in [-0.3, -0.25) is 4.79 Å². The maximum Gasteiger partial charge on any atom is 0.253 e. The normalized spacial score (nSPS) is 18.6. The smallest absolute Gasteiger partial charge is 0.253 e. The van der Waals surface area contributed by atoms with E-state index in [4.69, 9.17) is 0 Å². The van der Waals surface area contributed by atoms with Crippen molar-refractivity contribution in [1.29, 1.82) is 0 Å². The summed E-state index contributed by atoms with van der Waals surface area (Å²) in [5.74, 6) is 0.405. The van der Waals surface area contributed by atoms with Crippen molar-refractivity contribution in [3.05, 3.63) is 71.3 Å². The second kappa shape index (κ2) is 4.30. The highest BCUT2D eigenvalue weighted by atomic mass is 16.2. The first-order valence-electron chi connectivity index (χ1n) is 6.16. The van der Waals surface area contributed by atoms with Crippen LogP contribution in [0, 0.1) is 0 Å². The molecule has 1 aliphatic heterocycles. The molecule has 1 unspecified atom stereocenters. The SMILES string of the molecule is CN1CC(c2ccccc2)c2ccccc2C1=O. The minimum atomic E-state index is 0.123. The lowest BCUT2D eigenvalue weighted by Gasteiger charge is -2.32. The standard InChI is InChI=1S/C16H15NO/c1-17-11-15(12-7-3-2-4-8-12)13-9-5-6-10-14(13)16(17)18/h2-10,15H,11H2,1H3. The zero-order chi connectivity index (χ0) is 12.5. The zero-order valence-corrected chi connectivity index (χ0v) is 10.3. The zero-order valence-electron chi connectivity index (χ0n) is 10.3. The Balaban J connectivity index is 2.13. The fourth-order valence-electron chi connectivity index (χ4n) is 2.63. The van der Waals surface area contributed by atoms with E-state index in [1.54, 1.807) is 4.90 Å². The van der Waals surface area contributed by atoms with Crippen LogP contribution in [0.25, 0.3) is 0 Å². The van der Waals surface area contributed by atoms with E-state index in [9.17, 15) is 4.79 Å². The van der Waals surface area contributed by atoms with E-state index in [1.807, 2.05) is 43.4 Å². The third-order valence-corrected chi connectivity index (χ3v) is 3.57. The third kappa shape index (κ3) is 1.70. The van der Waals surface area contributed by atoms with Crippen molar-refractivity contribution in [1.82, 2.24) is 4.90 Å². The Hall–Kier alpha value is -2.09. The number of fused-ring (bicyclic) bond motifs is 1. The summed E-state index contributed by atoms with van der Waals surface area (Å²) >= 11 is 0. The van der Waals surface area contributed by atoms with Gasteiger partial charge in [0.25, 0.3) is 5.91 Å². The van der Waals surface area contributed by atoms with Crippen LogP contribution < -0.4 is 0 Å². The largest absolute Gasteiger partial charge is 0.341 e. The lowest BCUT2D eigenvalue weighted by atomic mass is 9.84. The Morgan fingerprint density at radius 2 is 1.67 bits per heavy atom. The summed E-state index contributed by atoms with van der Waals surface area (Å²) in [6.07, 6.45) is 0. The molecule has 90 valence electrons. The van der Waals surface area contributed by atoms with Crippen molar-refractivity contribution >= 4 is 5.91 Å². The number of amides is 1. The van der Waals surface area contributed by atoms with Crippen LogP contribution in [0.5, 0.6) is 0 Å². The van der Waals surface area contributed by atoms with Crippen LogP contribution in [-0.4, -0.2) is 24.4 Å². The summed E-state index contributed by atoms with van der Waals surface area (Å²) in [5.41, 5.74) is 3.25. The number of rotatable bonds is 1. The molecule has 1 heterocycles. The molecule has 3 rings (SSSR count). The second-order valence-corrected chi connectivity index (χ2v) is 4.74. The van der Waals surface area contributed by atoms with E-state index in [0.717, 1.165) is 17.7 Å². The molecule has 0 N–H and O–H groups in total. The molecule has 0 saturated carbocycles. The van der Waals surface area contributed by atoms with Gasteiger partial charge in [-0.15, -0.1) is 0 Å². The van der Waals surface area contributed by atoms with Crippen LogP contribution in [-0.2, 0) is 0 Å². The first kappa shape index (κ1) is 11.0. The summed E-state index contributed by atoms with van der Waals surface area (Å²) in [6, 6.07) is 18.3. The van der Waals surface area contributed by atoms with Gasteiger partial charge in [-0.1, -0.05) is 48.5 Å². The average Bonchev–Trinajstić information content (AvgIpc) is 2.44. The molecule has 0 radical (unpaired) electrons. The minimum Gasteiger partial charge on any atom is -0.341 e. The summed E-state index contributed by atoms with van der Waals surface area (Å²) in [7, 11) is 1.87. The number of nitrogens with zero attached hydrogens (tertiary/aromatic N) is 1. The van der Waals surface area contributed by atoms with Crippen molar-refractivity contribution in [2.75, 3.05) is 13.6 Å². The van der Waals surface area contributed by atoms with E-state index in [2.05, 4.69) is 18.2 Å². The van der Waals surface area contributed by atoms with Crippen molar-refractivity contribution in [2.24, 2.45) is 0 Å². The molecule has 0 bridgehead atoms. The summed E-state index contributed by atoms with van der Waals surface area (Å²) in [4.78, 5) is 13.9. The topological polar surface area (TPSA) is 20.3 Å². The molecule has 2 heteroatoms. The average molecular weight is 237 g/mol. The first-order valence-corrected chi connectivity index (χ1v) is 6.16. The number of hydrogen-bond acceptors (Lipinski definition) is 1. The Bertz CT molecular complexity index is 577. The van der Waals surface area contributed by atoms with Crippen molar-refractivity contribution in [3.8, 4) is 0 Å². The van der Waals surface area contributed by atoms with Gasteiger partial charge in [0.15, 0.2) is 0 Å². The van der Waals surface area contributed by atoms with Crippen LogP contribution >= 0.6 is 0 Å². The molecule has 18 heavy (non-hydrogen) atoms. The van der Waals surface area contributed by atoms with E-state index in [0.29, 0.717) is 0 Å². The fraction of sp³-hybridized carbons (Fsp3) is 0.188. The van der Waals surface area contributed by atoms with E-state index >= 15 is 0 Å². The highest BCUT2D eigenvalue weighted by Gasteiger charge is 2.29. The summed E-state index contributed by atoms with van der Waals surface area (Å²) < 4.78 is 0. The molecule has 2 aromatic carbocycles. The molecule has 0 aliphatic carbocycles. The lowest BCUT2D eigenvalue weighted by molar-refractivity contribution is 0.0772. The minimum absolute atomic E-state index is 0.123. The highest BCUT2D eigenvalue weighted by molar-refractivity contribution is 5.97. The van der Waals surface area contributed by atoms with Gasteiger partial charge in [0, 0.05) is 25.1 Å². The van der Waals surface area contributed by atoms with Gasteiger partial charge in [-0.05, 0) is 17.2 Å². The van der Waals surface area contributed by atoms with Crippen LogP contribution in [0.4, 0.5) is 0 Å². The fourth-order valence-corrected chi connectivity index (χ4v) is 2.63.